The highest BCUT2D eigenvalue weighted by Crippen LogP contribution is 2.31. The van der Waals surface area contributed by atoms with Crippen LogP contribution < -0.4 is 0 Å². The smallest absolute Gasteiger partial charge is 0.306 e. The van der Waals surface area contributed by atoms with Gasteiger partial charge in [0.25, 0.3) is 0 Å². The lowest BCUT2D eigenvalue weighted by atomic mass is 9.81. The number of benzene rings is 1. The highest BCUT2D eigenvalue weighted by atomic mass is 16.5. The highest BCUT2D eigenvalue weighted by molar-refractivity contribution is 5.80. The molecular formula is C20H27NO4. The van der Waals surface area contributed by atoms with Crippen molar-refractivity contribution in [1.29, 1.82) is 0 Å². The zero-order valence-corrected chi connectivity index (χ0v) is 14.6. The van der Waals surface area contributed by atoms with E-state index in [9.17, 15) is 9.59 Å². The van der Waals surface area contributed by atoms with Crippen molar-refractivity contribution in [3.63, 3.8) is 0 Å². The van der Waals surface area contributed by atoms with E-state index in [0.29, 0.717) is 45.4 Å². The fourth-order valence-electron chi connectivity index (χ4n) is 3.96. The molecule has 1 aliphatic carbocycles. The number of carbonyl (C=O) groups excluding carboxylic acids is 1. The van der Waals surface area contributed by atoms with Gasteiger partial charge in [-0.2, -0.15) is 0 Å². The van der Waals surface area contributed by atoms with Crippen LogP contribution in [0.5, 0.6) is 0 Å². The second-order valence-electron chi connectivity index (χ2n) is 7.17. The average Bonchev–Trinajstić information content (AvgIpc) is 3.17. The van der Waals surface area contributed by atoms with Crippen molar-refractivity contribution in [2.24, 2.45) is 11.8 Å². The van der Waals surface area contributed by atoms with Crippen LogP contribution in [-0.4, -0.2) is 47.7 Å². The number of carboxylic acids is 1. The lowest BCUT2D eigenvalue weighted by molar-refractivity contribution is -0.146. The third-order valence-electron chi connectivity index (χ3n) is 5.54. The van der Waals surface area contributed by atoms with Crippen LogP contribution in [-0.2, 0) is 20.7 Å². The summed E-state index contributed by atoms with van der Waals surface area (Å²) in [5.74, 6) is -0.852. The molecule has 1 saturated carbocycles. The second kappa shape index (κ2) is 8.48. The number of nitrogens with zero attached hydrogens (tertiary/aromatic N) is 1. The number of amides is 1. The molecule has 1 heterocycles. The van der Waals surface area contributed by atoms with Gasteiger partial charge in [0.2, 0.25) is 5.91 Å². The predicted molar refractivity (Wildman–Crippen MR) is 94.2 cm³/mol. The quantitative estimate of drug-likeness (QED) is 0.861. The Morgan fingerprint density at radius 3 is 2.32 bits per heavy atom. The van der Waals surface area contributed by atoms with E-state index in [2.05, 4.69) is 12.1 Å². The first kappa shape index (κ1) is 17.9. The van der Waals surface area contributed by atoms with Crippen LogP contribution in [0.2, 0.25) is 0 Å². The maximum atomic E-state index is 13.1. The summed E-state index contributed by atoms with van der Waals surface area (Å²) >= 11 is 0. The zero-order valence-electron chi connectivity index (χ0n) is 14.6. The lowest BCUT2D eigenvalue weighted by Crippen LogP contribution is -2.46. The molecule has 1 N–H and O–H groups in total. The lowest BCUT2D eigenvalue weighted by Gasteiger charge is -2.34. The molecule has 0 unspecified atom stereocenters. The molecule has 1 atom stereocenters. The van der Waals surface area contributed by atoms with Crippen LogP contribution >= 0.6 is 0 Å². The number of hydrogen-bond donors (Lipinski definition) is 1. The molecule has 2 fully saturated rings. The molecule has 2 aliphatic rings. The van der Waals surface area contributed by atoms with Gasteiger partial charge in [-0.1, -0.05) is 30.3 Å². The Hall–Kier alpha value is -1.88. The molecule has 1 amide bonds. The Morgan fingerprint density at radius 2 is 1.72 bits per heavy atom. The fourth-order valence-corrected chi connectivity index (χ4v) is 3.96. The summed E-state index contributed by atoms with van der Waals surface area (Å²) in [5, 5.41) is 9.14. The minimum Gasteiger partial charge on any atom is -0.481 e. The Kier molecular flexibility index (Phi) is 6.08. The first-order valence-corrected chi connectivity index (χ1v) is 9.30. The molecule has 1 saturated heterocycles. The molecule has 1 aromatic rings. The van der Waals surface area contributed by atoms with Gasteiger partial charge in [-0.3, -0.25) is 9.59 Å². The van der Waals surface area contributed by atoms with Gasteiger partial charge in [-0.15, -0.1) is 0 Å². The number of ether oxygens (including phenoxy) is 1. The number of aliphatic carboxylic acids is 1. The summed E-state index contributed by atoms with van der Waals surface area (Å²) in [6, 6.07) is 10.4. The van der Waals surface area contributed by atoms with E-state index in [0.717, 1.165) is 12.8 Å². The maximum absolute atomic E-state index is 13.1. The van der Waals surface area contributed by atoms with E-state index in [1.807, 2.05) is 23.1 Å². The van der Waals surface area contributed by atoms with Crippen LogP contribution in [0.25, 0.3) is 0 Å². The van der Waals surface area contributed by atoms with E-state index >= 15 is 0 Å². The van der Waals surface area contributed by atoms with Crippen molar-refractivity contribution in [2.75, 3.05) is 19.8 Å². The van der Waals surface area contributed by atoms with E-state index in [1.165, 1.54) is 5.56 Å². The van der Waals surface area contributed by atoms with Gasteiger partial charge in [-0.05, 0) is 44.1 Å². The minimum atomic E-state index is -0.726. The van der Waals surface area contributed by atoms with Crippen molar-refractivity contribution >= 4 is 11.9 Å². The van der Waals surface area contributed by atoms with Crippen LogP contribution in [0.4, 0.5) is 0 Å². The van der Waals surface area contributed by atoms with E-state index in [4.69, 9.17) is 9.84 Å². The minimum absolute atomic E-state index is 0.0352. The van der Waals surface area contributed by atoms with E-state index < -0.39 is 5.97 Å². The normalized spacial score (nSPS) is 26.3. The van der Waals surface area contributed by atoms with Crippen molar-refractivity contribution in [3.05, 3.63) is 35.9 Å². The molecule has 0 aromatic heterocycles. The number of hydrogen-bond acceptors (Lipinski definition) is 3. The topological polar surface area (TPSA) is 66.8 Å². The molecule has 0 spiro atoms. The molecule has 0 radical (unpaired) electrons. The van der Waals surface area contributed by atoms with Gasteiger partial charge in [0.15, 0.2) is 0 Å². The summed E-state index contributed by atoms with van der Waals surface area (Å²) in [5.41, 5.74) is 1.23. The summed E-state index contributed by atoms with van der Waals surface area (Å²) in [4.78, 5) is 26.2. The SMILES string of the molecule is O=C(O)C1CCC(C(=O)N(CCc2ccccc2)[C@@H]2CCOC2)CC1. The highest BCUT2D eigenvalue weighted by Gasteiger charge is 2.35. The summed E-state index contributed by atoms with van der Waals surface area (Å²) in [7, 11) is 0. The molecular weight excluding hydrogens is 318 g/mol. The Morgan fingerprint density at radius 1 is 1.04 bits per heavy atom. The number of rotatable bonds is 6. The molecule has 25 heavy (non-hydrogen) atoms. The Labute approximate surface area is 149 Å². The molecule has 3 rings (SSSR count). The van der Waals surface area contributed by atoms with Gasteiger partial charge >= 0.3 is 5.97 Å². The first-order chi connectivity index (χ1) is 12.1. The average molecular weight is 345 g/mol. The van der Waals surface area contributed by atoms with Gasteiger partial charge in [-0.25, -0.2) is 0 Å². The third kappa shape index (κ3) is 4.60. The fraction of sp³-hybridized carbons (Fsp3) is 0.600. The maximum Gasteiger partial charge on any atom is 0.306 e. The largest absolute Gasteiger partial charge is 0.481 e. The number of carboxylic acid groups (broad SMARTS) is 1. The first-order valence-electron chi connectivity index (χ1n) is 9.30. The second-order valence-corrected chi connectivity index (χ2v) is 7.17. The van der Waals surface area contributed by atoms with Crippen LogP contribution in [0.3, 0.4) is 0 Å². The Bertz CT molecular complexity index is 575. The van der Waals surface area contributed by atoms with E-state index in [1.54, 1.807) is 0 Å². The van der Waals surface area contributed by atoms with E-state index in [-0.39, 0.29) is 23.8 Å². The standard InChI is InChI=1S/C20H27NO4/c22-19(16-6-8-17(9-7-16)20(23)24)21(18-11-13-25-14-18)12-10-15-4-2-1-3-5-15/h1-5,16-18H,6-14H2,(H,23,24)/t16?,17?,18-/m1/s1. The summed E-state index contributed by atoms with van der Waals surface area (Å²) in [6.07, 6.45) is 4.33. The van der Waals surface area contributed by atoms with Crippen LogP contribution in [0, 0.1) is 11.8 Å². The van der Waals surface area contributed by atoms with Gasteiger partial charge in [0.05, 0.1) is 18.6 Å². The van der Waals surface area contributed by atoms with Crippen molar-refractivity contribution in [2.45, 2.75) is 44.6 Å². The van der Waals surface area contributed by atoms with Gasteiger partial charge in [0, 0.05) is 19.1 Å². The Balaban J connectivity index is 1.62. The molecule has 1 aromatic carbocycles. The summed E-state index contributed by atoms with van der Waals surface area (Å²) in [6.45, 7) is 2.03. The predicted octanol–water partition coefficient (Wildman–Crippen LogP) is 2.74. The molecule has 1 aliphatic heterocycles. The van der Waals surface area contributed by atoms with Crippen LogP contribution in [0.1, 0.15) is 37.7 Å². The molecule has 5 heteroatoms. The zero-order chi connectivity index (χ0) is 17.6. The van der Waals surface area contributed by atoms with Crippen LogP contribution in [0.15, 0.2) is 30.3 Å². The summed E-state index contributed by atoms with van der Waals surface area (Å²) < 4.78 is 5.50. The molecule has 5 nitrogen and oxygen atoms in total. The van der Waals surface area contributed by atoms with Gasteiger partial charge < -0.3 is 14.7 Å². The molecule has 136 valence electrons. The third-order valence-corrected chi connectivity index (χ3v) is 5.54. The number of carbonyl (C=O) groups is 2. The molecule has 0 bridgehead atoms. The monoisotopic (exact) mass is 345 g/mol. The van der Waals surface area contributed by atoms with Crippen molar-refractivity contribution < 1.29 is 19.4 Å². The van der Waals surface area contributed by atoms with Crippen molar-refractivity contribution in [1.82, 2.24) is 4.90 Å². The van der Waals surface area contributed by atoms with Gasteiger partial charge in [0.1, 0.15) is 0 Å². The van der Waals surface area contributed by atoms with Crippen molar-refractivity contribution in [3.8, 4) is 0 Å².